The maximum atomic E-state index is 4.43. The summed E-state index contributed by atoms with van der Waals surface area (Å²) < 4.78 is 0. The molecule has 5 aromatic rings. The number of nitrogens with one attached hydrogen (secondary N) is 1. The highest BCUT2D eigenvalue weighted by Crippen LogP contribution is 2.38. The van der Waals surface area contributed by atoms with Gasteiger partial charge in [0, 0.05) is 6.54 Å². The molecule has 0 fully saturated rings. The average Bonchev–Trinajstić information content (AvgIpc) is 3.13. The summed E-state index contributed by atoms with van der Waals surface area (Å²) in [5.41, 5.74) is 17.1. The van der Waals surface area contributed by atoms with Gasteiger partial charge >= 0.3 is 0 Å². The Bertz CT molecular complexity index is 2160. The molecule has 1 aliphatic heterocycles. The third-order valence-electron chi connectivity index (χ3n) is 9.16. The number of rotatable bonds is 7. The van der Waals surface area contributed by atoms with Crippen LogP contribution in [0.25, 0.3) is 58.2 Å². The van der Waals surface area contributed by atoms with Crippen LogP contribution in [0.15, 0.2) is 122 Å². The lowest BCUT2D eigenvalue weighted by Gasteiger charge is -2.19. The molecule has 5 aromatic carbocycles. The predicted molar refractivity (Wildman–Crippen MR) is 213 cm³/mol. The van der Waals surface area contributed by atoms with Gasteiger partial charge in [-0.25, -0.2) is 0 Å². The zero-order chi connectivity index (χ0) is 34.2. The van der Waals surface area contributed by atoms with Gasteiger partial charge in [-0.1, -0.05) is 136 Å². The molecular weight excluding hydrogens is 579 g/mol. The van der Waals surface area contributed by atoms with Crippen LogP contribution in [0.5, 0.6) is 0 Å². The van der Waals surface area contributed by atoms with Crippen LogP contribution < -0.4 is 15.8 Å². The highest BCUT2D eigenvalue weighted by atomic mass is 14.8. The van der Waals surface area contributed by atoms with Gasteiger partial charge in [0.15, 0.2) is 0 Å². The highest BCUT2D eigenvalue weighted by Gasteiger charge is 2.15. The monoisotopic (exact) mass is 625 g/mol. The van der Waals surface area contributed by atoms with Crippen LogP contribution in [0.4, 0.5) is 0 Å². The first kappa shape index (κ1) is 33.9. The van der Waals surface area contributed by atoms with E-state index in [1.165, 1.54) is 61.2 Å². The first-order valence-corrected chi connectivity index (χ1v) is 16.9. The van der Waals surface area contributed by atoms with Gasteiger partial charge in [-0.15, -0.1) is 0 Å². The van der Waals surface area contributed by atoms with E-state index in [0.29, 0.717) is 0 Å². The Morgan fingerprint density at radius 3 is 2.35 bits per heavy atom. The van der Waals surface area contributed by atoms with Crippen molar-refractivity contribution in [3.63, 3.8) is 0 Å². The van der Waals surface area contributed by atoms with E-state index in [4.69, 9.17) is 0 Å². The number of fused-ring (bicyclic) bond motifs is 1. The van der Waals surface area contributed by atoms with Crippen molar-refractivity contribution in [3.8, 4) is 22.3 Å². The average molecular weight is 626 g/mol. The molecule has 0 radical (unpaired) electrons. The van der Waals surface area contributed by atoms with Gasteiger partial charge in [0.2, 0.25) is 0 Å². The smallest absolute Gasteiger partial charge is 0.0401 e. The second-order valence-corrected chi connectivity index (χ2v) is 12.2. The van der Waals surface area contributed by atoms with Crippen LogP contribution in [-0.2, 0) is 6.54 Å². The zero-order valence-corrected chi connectivity index (χ0v) is 29.3. The molecule has 0 spiro atoms. The molecule has 0 amide bonds. The Morgan fingerprint density at radius 1 is 0.771 bits per heavy atom. The maximum Gasteiger partial charge on any atom is 0.0401 e. The van der Waals surface area contributed by atoms with E-state index < -0.39 is 0 Å². The normalized spacial score (nSPS) is 12.7. The minimum absolute atomic E-state index is 0.855. The Labute approximate surface area is 287 Å². The summed E-state index contributed by atoms with van der Waals surface area (Å²) in [6, 6.07) is 34.9. The second kappa shape index (κ2) is 15.5. The maximum absolute atomic E-state index is 4.43. The van der Waals surface area contributed by atoms with Crippen LogP contribution in [0.1, 0.15) is 65.3 Å². The standard InChI is InChI=1S/C45H41N.C2H6/c1-30(36-12-8-7-9-13-36)15-18-37-21-22-38(35(6)34(37)5)19-16-31(2)40-20-17-32(3)44(28-40)45-33(4)11-10-14-43(45)41-24-23-39-25-26-46-29-42(39)27-41;1-2/h7-28,46H,1,6,29H2,2-5H3;1-2H3/b18-15-,31-16+,38-19-;. The number of benzene rings is 5. The van der Waals surface area contributed by atoms with Crippen molar-refractivity contribution in [3.05, 3.63) is 177 Å². The molecule has 48 heavy (non-hydrogen) atoms. The van der Waals surface area contributed by atoms with E-state index in [1.54, 1.807) is 0 Å². The molecule has 0 saturated heterocycles. The van der Waals surface area contributed by atoms with Crippen molar-refractivity contribution in [1.82, 2.24) is 5.32 Å². The zero-order valence-electron chi connectivity index (χ0n) is 29.3. The summed E-state index contributed by atoms with van der Waals surface area (Å²) in [5, 5.41) is 5.52. The lowest BCUT2D eigenvalue weighted by molar-refractivity contribution is 0.859. The third-order valence-corrected chi connectivity index (χ3v) is 9.16. The van der Waals surface area contributed by atoms with Crippen molar-refractivity contribution < 1.29 is 0 Å². The molecule has 1 nitrogen and oxygen atoms in total. The SMILES string of the molecule is C=C(/C=C\c1cc/c(=C/C=C(\C)c2ccc(C)c(-c3c(C)cccc3-c3ccc4c(c3)CNC=C4)c2)c(=C)c1C)c1ccccc1.CC. The number of allylic oxidation sites excluding steroid dienone is 4. The van der Waals surface area contributed by atoms with Gasteiger partial charge in [-0.2, -0.15) is 0 Å². The minimum Gasteiger partial charge on any atom is -0.387 e. The molecular formula is C47H47N. The van der Waals surface area contributed by atoms with Crippen molar-refractivity contribution in [1.29, 1.82) is 0 Å². The van der Waals surface area contributed by atoms with Gasteiger partial charge in [0.1, 0.15) is 0 Å². The molecule has 0 unspecified atom stereocenters. The Kier molecular flexibility index (Phi) is 10.9. The lowest BCUT2D eigenvalue weighted by Crippen LogP contribution is -2.26. The summed E-state index contributed by atoms with van der Waals surface area (Å²) in [4.78, 5) is 0. The van der Waals surface area contributed by atoms with Crippen LogP contribution in [0.2, 0.25) is 0 Å². The topological polar surface area (TPSA) is 12.0 Å². The van der Waals surface area contributed by atoms with E-state index in [9.17, 15) is 0 Å². The lowest BCUT2D eigenvalue weighted by atomic mass is 9.86. The van der Waals surface area contributed by atoms with Gasteiger partial charge < -0.3 is 5.32 Å². The van der Waals surface area contributed by atoms with Crippen molar-refractivity contribution in [2.75, 3.05) is 0 Å². The van der Waals surface area contributed by atoms with Crippen molar-refractivity contribution in [2.45, 2.75) is 48.1 Å². The summed E-state index contributed by atoms with van der Waals surface area (Å²) in [6.07, 6.45) is 12.8. The van der Waals surface area contributed by atoms with E-state index in [0.717, 1.165) is 33.7 Å². The molecule has 1 aliphatic rings. The number of hydrogen-bond acceptors (Lipinski definition) is 1. The first-order chi connectivity index (χ1) is 23.3. The van der Waals surface area contributed by atoms with Crippen molar-refractivity contribution in [2.24, 2.45) is 0 Å². The molecule has 0 atom stereocenters. The fourth-order valence-electron chi connectivity index (χ4n) is 6.19. The van der Waals surface area contributed by atoms with E-state index in [-0.39, 0.29) is 0 Å². The molecule has 1 heteroatoms. The molecule has 0 bridgehead atoms. The van der Waals surface area contributed by atoms with Gasteiger partial charge in [-0.3, -0.25) is 0 Å². The molecule has 1 heterocycles. The largest absolute Gasteiger partial charge is 0.387 e. The Hall–Kier alpha value is -5.40. The first-order valence-electron chi connectivity index (χ1n) is 16.9. The Morgan fingerprint density at radius 2 is 1.56 bits per heavy atom. The summed E-state index contributed by atoms with van der Waals surface area (Å²) in [5.74, 6) is 0. The van der Waals surface area contributed by atoms with E-state index in [2.05, 4.69) is 155 Å². The quantitative estimate of drug-likeness (QED) is 0.177. The van der Waals surface area contributed by atoms with Crippen LogP contribution in [0.3, 0.4) is 0 Å². The van der Waals surface area contributed by atoms with E-state index in [1.807, 2.05) is 38.2 Å². The molecule has 1 N–H and O–H groups in total. The van der Waals surface area contributed by atoms with Gasteiger partial charge in [0.05, 0.1) is 0 Å². The fraction of sp³-hybridized carbons (Fsp3) is 0.149. The fourth-order valence-corrected chi connectivity index (χ4v) is 6.19. The van der Waals surface area contributed by atoms with Crippen LogP contribution in [-0.4, -0.2) is 0 Å². The minimum atomic E-state index is 0.855. The van der Waals surface area contributed by atoms with Gasteiger partial charge in [0.25, 0.3) is 0 Å². The van der Waals surface area contributed by atoms with E-state index >= 15 is 0 Å². The van der Waals surface area contributed by atoms with Crippen molar-refractivity contribution >= 4 is 36.0 Å². The third kappa shape index (κ3) is 7.42. The molecule has 0 aliphatic carbocycles. The molecule has 0 aromatic heterocycles. The summed E-state index contributed by atoms with van der Waals surface area (Å²) >= 11 is 0. The Balaban J connectivity index is 0.00000221. The molecule has 240 valence electrons. The second-order valence-electron chi connectivity index (χ2n) is 12.2. The highest BCUT2D eigenvalue weighted by molar-refractivity contribution is 5.89. The van der Waals surface area contributed by atoms with Gasteiger partial charge in [-0.05, 0) is 140 Å². The summed E-state index contributed by atoms with van der Waals surface area (Å²) in [6.45, 7) is 22.3. The number of hydrogen-bond donors (Lipinski definition) is 1. The predicted octanol–water partition coefficient (Wildman–Crippen LogP) is 11.1. The van der Waals surface area contributed by atoms with Crippen LogP contribution in [0, 0.1) is 20.8 Å². The van der Waals surface area contributed by atoms with Crippen LogP contribution >= 0.6 is 0 Å². The number of aryl methyl sites for hydroxylation is 2. The summed E-state index contributed by atoms with van der Waals surface area (Å²) in [7, 11) is 0. The molecule has 6 rings (SSSR count). The molecule has 0 saturated carbocycles.